The third-order valence-corrected chi connectivity index (χ3v) is 1.89. The minimum absolute atomic E-state index is 0.968. The SMILES string of the molecule is C=C(C)c1ccn2ccnc2c1. The molecule has 0 aliphatic rings. The molecule has 0 aliphatic carbocycles. The van der Waals surface area contributed by atoms with E-state index in [1.807, 2.05) is 35.9 Å². The predicted molar refractivity (Wildman–Crippen MR) is 49.9 cm³/mol. The first kappa shape index (κ1) is 7.10. The quantitative estimate of drug-likeness (QED) is 0.622. The molecule has 2 nitrogen and oxygen atoms in total. The normalized spacial score (nSPS) is 10.4. The second-order valence-corrected chi connectivity index (χ2v) is 2.89. The number of nitrogens with zero attached hydrogens (tertiary/aromatic N) is 2. The lowest BCUT2D eigenvalue weighted by Gasteiger charge is -1.99. The Morgan fingerprint density at radius 3 is 3.08 bits per heavy atom. The number of pyridine rings is 1. The summed E-state index contributed by atoms with van der Waals surface area (Å²) >= 11 is 0. The Balaban J connectivity index is 2.68. The molecule has 0 radical (unpaired) electrons. The van der Waals surface area contributed by atoms with E-state index in [4.69, 9.17) is 0 Å². The Morgan fingerprint density at radius 2 is 2.33 bits per heavy atom. The van der Waals surface area contributed by atoms with Crippen LogP contribution in [0, 0.1) is 0 Å². The Morgan fingerprint density at radius 1 is 1.50 bits per heavy atom. The lowest BCUT2D eigenvalue weighted by Crippen LogP contribution is -1.84. The molecular weight excluding hydrogens is 148 g/mol. The van der Waals surface area contributed by atoms with E-state index in [0.29, 0.717) is 0 Å². The first-order valence-corrected chi connectivity index (χ1v) is 3.86. The average Bonchev–Trinajstić information content (AvgIpc) is 2.49. The highest BCUT2D eigenvalue weighted by Crippen LogP contribution is 2.12. The van der Waals surface area contributed by atoms with Crippen LogP contribution in [0.2, 0.25) is 0 Å². The van der Waals surface area contributed by atoms with E-state index in [1.54, 1.807) is 6.20 Å². The highest BCUT2D eigenvalue weighted by atomic mass is 15.0. The van der Waals surface area contributed by atoms with Crippen molar-refractivity contribution in [2.75, 3.05) is 0 Å². The second-order valence-electron chi connectivity index (χ2n) is 2.89. The minimum Gasteiger partial charge on any atom is -0.307 e. The van der Waals surface area contributed by atoms with Crippen LogP contribution in [0.3, 0.4) is 0 Å². The zero-order valence-corrected chi connectivity index (χ0v) is 6.99. The summed E-state index contributed by atoms with van der Waals surface area (Å²) in [7, 11) is 0. The molecule has 12 heavy (non-hydrogen) atoms. The maximum atomic E-state index is 4.18. The van der Waals surface area contributed by atoms with Crippen LogP contribution in [0.25, 0.3) is 11.2 Å². The van der Waals surface area contributed by atoms with Gasteiger partial charge < -0.3 is 4.40 Å². The first-order chi connectivity index (χ1) is 5.77. The van der Waals surface area contributed by atoms with Crippen LogP contribution in [-0.4, -0.2) is 9.38 Å². The predicted octanol–water partition coefficient (Wildman–Crippen LogP) is 2.37. The summed E-state index contributed by atoms with van der Waals surface area (Å²) in [6.45, 7) is 5.87. The average molecular weight is 158 g/mol. The van der Waals surface area contributed by atoms with Crippen LogP contribution >= 0.6 is 0 Å². The number of rotatable bonds is 1. The van der Waals surface area contributed by atoms with E-state index in [0.717, 1.165) is 16.8 Å². The standard InChI is InChI=1S/C10H10N2/c1-8(2)9-3-5-12-6-4-11-10(12)7-9/h3-7H,1H2,2H3. The molecule has 0 aliphatic heterocycles. The summed E-state index contributed by atoms with van der Waals surface area (Å²) in [5, 5.41) is 0. The Labute approximate surface area is 71.2 Å². The van der Waals surface area contributed by atoms with Gasteiger partial charge in [-0.2, -0.15) is 0 Å². The van der Waals surface area contributed by atoms with Gasteiger partial charge in [0.2, 0.25) is 0 Å². The van der Waals surface area contributed by atoms with Crippen molar-refractivity contribution in [1.82, 2.24) is 9.38 Å². The zero-order chi connectivity index (χ0) is 8.55. The van der Waals surface area contributed by atoms with Gasteiger partial charge in [-0.25, -0.2) is 4.98 Å². The van der Waals surface area contributed by atoms with Gasteiger partial charge in [-0.3, -0.25) is 0 Å². The van der Waals surface area contributed by atoms with Crippen molar-refractivity contribution in [2.45, 2.75) is 6.92 Å². The summed E-state index contributed by atoms with van der Waals surface area (Å²) in [6, 6.07) is 4.07. The highest BCUT2D eigenvalue weighted by Gasteiger charge is 1.96. The van der Waals surface area contributed by atoms with E-state index in [-0.39, 0.29) is 0 Å². The van der Waals surface area contributed by atoms with Gasteiger partial charge in [0.1, 0.15) is 5.65 Å². The van der Waals surface area contributed by atoms with Crippen LogP contribution in [-0.2, 0) is 0 Å². The Kier molecular flexibility index (Phi) is 1.47. The highest BCUT2D eigenvalue weighted by molar-refractivity contribution is 5.64. The molecule has 0 spiro atoms. The van der Waals surface area contributed by atoms with E-state index in [9.17, 15) is 0 Å². The van der Waals surface area contributed by atoms with E-state index < -0.39 is 0 Å². The van der Waals surface area contributed by atoms with Crippen molar-refractivity contribution in [3.8, 4) is 0 Å². The third kappa shape index (κ3) is 1.01. The van der Waals surface area contributed by atoms with Gasteiger partial charge in [-0.15, -0.1) is 0 Å². The molecule has 2 heterocycles. The maximum Gasteiger partial charge on any atom is 0.137 e. The molecule has 0 N–H and O–H groups in total. The van der Waals surface area contributed by atoms with E-state index in [2.05, 4.69) is 11.6 Å². The molecule has 0 aromatic carbocycles. The number of fused-ring (bicyclic) bond motifs is 1. The molecule has 60 valence electrons. The lowest BCUT2D eigenvalue weighted by atomic mass is 10.1. The van der Waals surface area contributed by atoms with Crippen molar-refractivity contribution in [1.29, 1.82) is 0 Å². The first-order valence-electron chi connectivity index (χ1n) is 3.86. The summed E-state index contributed by atoms with van der Waals surface area (Å²) < 4.78 is 1.98. The monoisotopic (exact) mass is 158 g/mol. The summed E-state index contributed by atoms with van der Waals surface area (Å²) in [5.74, 6) is 0. The summed E-state index contributed by atoms with van der Waals surface area (Å²) in [4.78, 5) is 4.18. The lowest BCUT2D eigenvalue weighted by molar-refractivity contribution is 1.18. The van der Waals surface area contributed by atoms with E-state index >= 15 is 0 Å². The molecule has 0 atom stereocenters. The Hall–Kier alpha value is -1.57. The number of aromatic nitrogens is 2. The van der Waals surface area contributed by atoms with Gasteiger partial charge in [0.25, 0.3) is 0 Å². The fourth-order valence-electron chi connectivity index (χ4n) is 1.18. The van der Waals surface area contributed by atoms with Crippen molar-refractivity contribution in [2.24, 2.45) is 0 Å². The van der Waals surface area contributed by atoms with Crippen LogP contribution in [0.4, 0.5) is 0 Å². The van der Waals surface area contributed by atoms with Crippen LogP contribution in [0.1, 0.15) is 12.5 Å². The fraction of sp³-hybridized carbons (Fsp3) is 0.100. The van der Waals surface area contributed by atoms with Gasteiger partial charge >= 0.3 is 0 Å². The largest absolute Gasteiger partial charge is 0.307 e. The van der Waals surface area contributed by atoms with Crippen LogP contribution < -0.4 is 0 Å². The van der Waals surface area contributed by atoms with Crippen molar-refractivity contribution in [3.05, 3.63) is 42.9 Å². The van der Waals surface area contributed by atoms with E-state index in [1.165, 1.54) is 0 Å². The van der Waals surface area contributed by atoms with Crippen molar-refractivity contribution in [3.63, 3.8) is 0 Å². The molecule has 0 saturated heterocycles. The van der Waals surface area contributed by atoms with Gasteiger partial charge in [0.05, 0.1) is 0 Å². The minimum atomic E-state index is 0.968. The summed E-state index contributed by atoms with van der Waals surface area (Å²) in [5.41, 5.74) is 3.18. The molecule has 0 fully saturated rings. The van der Waals surface area contributed by atoms with Crippen LogP contribution in [0.15, 0.2) is 37.3 Å². The molecule has 0 unspecified atom stereocenters. The number of imidazole rings is 1. The van der Waals surface area contributed by atoms with Gasteiger partial charge in [-0.1, -0.05) is 12.2 Å². The van der Waals surface area contributed by atoms with Crippen LogP contribution in [0.5, 0.6) is 0 Å². The zero-order valence-electron chi connectivity index (χ0n) is 6.99. The Bertz CT molecular complexity index is 426. The topological polar surface area (TPSA) is 17.3 Å². The number of hydrogen-bond donors (Lipinski definition) is 0. The maximum absolute atomic E-state index is 4.18. The second kappa shape index (κ2) is 2.48. The molecule has 2 rings (SSSR count). The van der Waals surface area contributed by atoms with Crippen molar-refractivity contribution < 1.29 is 0 Å². The van der Waals surface area contributed by atoms with Gasteiger partial charge in [0, 0.05) is 18.6 Å². The molecule has 0 amide bonds. The number of allylic oxidation sites excluding steroid dienone is 1. The van der Waals surface area contributed by atoms with Gasteiger partial charge in [-0.05, 0) is 24.6 Å². The molecule has 2 heteroatoms. The molecular formula is C10H10N2. The fourth-order valence-corrected chi connectivity index (χ4v) is 1.18. The summed E-state index contributed by atoms with van der Waals surface area (Å²) in [6.07, 6.45) is 5.71. The number of hydrogen-bond acceptors (Lipinski definition) is 1. The molecule has 2 aromatic rings. The van der Waals surface area contributed by atoms with Crippen molar-refractivity contribution >= 4 is 11.2 Å². The smallest absolute Gasteiger partial charge is 0.137 e. The molecule has 0 saturated carbocycles. The molecule has 2 aromatic heterocycles. The molecule has 0 bridgehead atoms. The third-order valence-electron chi connectivity index (χ3n) is 1.89. The van der Waals surface area contributed by atoms with Gasteiger partial charge in [0.15, 0.2) is 0 Å².